The second kappa shape index (κ2) is 4.44. The summed E-state index contributed by atoms with van der Waals surface area (Å²) in [6.45, 7) is 0. The van der Waals surface area contributed by atoms with Gasteiger partial charge in [-0.25, -0.2) is 0 Å². The minimum atomic E-state index is -6.48. The Bertz CT molecular complexity index is 281. The van der Waals surface area contributed by atoms with Gasteiger partial charge in [-0.15, -0.1) is 0 Å². The molecule has 0 amide bonds. The summed E-state index contributed by atoms with van der Waals surface area (Å²) in [5, 5.41) is -9.15. The summed E-state index contributed by atoms with van der Waals surface area (Å²) in [7, 11) is -6.48. The summed E-state index contributed by atoms with van der Waals surface area (Å²) in [6, 6.07) is 0. The third kappa shape index (κ3) is 3.13. The Kier molecular flexibility index (Phi) is 4.23. The van der Waals surface area contributed by atoms with Crippen LogP contribution >= 0.6 is 0 Å². The van der Waals surface area contributed by atoms with Crippen LogP contribution < -0.4 is 0 Å². The molecule has 0 spiro atoms. The highest BCUT2D eigenvalue weighted by molar-refractivity contribution is 7.81. The second-order valence-electron chi connectivity index (χ2n) is 1.75. The lowest BCUT2D eigenvalue weighted by Crippen LogP contribution is -2.58. The van der Waals surface area contributed by atoms with Crippen molar-refractivity contribution >= 4 is 10.5 Å². The lowest BCUT2D eigenvalue weighted by atomic mass is 10.8. The fraction of sp³-hybridized carbons (Fsp3) is 1.00. The fourth-order valence-corrected chi connectivity index (χ4v) is 0.826. The Morgan fingerprint density at radius 2 is 1.13 bits per heavy atom. The first kappa shape index (κ1) is 14.3. The van der Waals surface area contributed by atoms with Crippen molar-refractivity contribution in [1.29, 1.82) is 0 Å². The third-order valence-corrected chi connectivity index (χ3v) is 1.29. The van der Waals surface area contributed by atoms with Crippen molar-refractivity contribution in [2.45, 2.75) is 5.97 Å². The van der Waals surface area contributed by atoms with Gasteiger partial charge in [0.05, 0.1) is 16.0 Å². The summed E-state index contributed by atoms with van der Waals surface area (Å²) in [4.78, 5) is 0. The van der Waals surface area contributed by atoms with Crippen molar-refractivity contribution in [2.75, 3.05) is 0 Å². The average Bonchev–Trinajstić information content (AvgIpc) is 1.96. The Hall–Kier alpha value is -0.700. The van der Waals surface area contributed by atoms with Crippen molar-refractivity contribution in [3.05, 3.63) is 0 Å². The van der Waals surface area contributed by atoms with E-state index in [0.717, 1.165) is 0 Å². The zero-order valence-electron chi connectivity index (χ0n) is 6.12. The van der Waals surface area contributed by atoms with Gasteiger partial charge < -0.3 is 0 Å². The van der Waals surface area contributed by atoms with Gasteiger partial charge in [-0.1, -0.05) is 30.8 Å². The normalized spacial score (nSPS) is 14.3. The molecule has 0 aliphatic heterocycles. The van der Waals surface area contributed by atoms with E-state index in [0.29, 0.717) is 0 Å². The van der Waals surface area contributed by atoms with E-state index < -0.39 is 32.5 Å². The van der Waals surface area contributed by atoms with E-state index in [-0.39, 0.29) is 0 Å². The van der Waals surface area contributed by atoms with Gasteiger partial charge in [-0.3, -0.25) is 0 Å². The van der Waals surface area contributed by atoms with E-state index in [2.05, 4.69) is 4.18 Å². The number of hydrogen-bond acceptors (Lipinski definition) is 6. The summed E-state index contributed by atoms with van der Waals surface area (Å²) in [5.41, 5.74) is 0. The van der Waals surface area contributed by atoms with Gasteiger partial charge in [0.2, 0.25) is 0 Å². The summed E-state index contributed by atoms with van der Waals surface area (Å²) < 4.78 is 103. The maximum Gasteiger partial charge on any atom is 0.442 e. The molecule has 0 bridgehead atoms. The topological polar surface area (TPSA) is 53.1 Å². The van der Waals surface area contributed by atoms with Crippen molar-refractivity contribution < 1.29 is 43.4 Å². The van der Waals surface area contributed by atoms with Crippen LogP contribution in [0.1, 0.15) is 0 Å². The molecule has 92 valence electrons. The molecule has 0 aromatic rings. The maximum atomic E-state index is 11.6. The zero-order valence-corrected chi connectivity index (χ0v) is 6.94. The monoisotopic (exact) mass is 267 g/mol. The standard InChI is InChI=1S/CF7N3O3S/c2-9(3)1(10(4)5,11(6)7)14-15(8,12)13. The number of nitrogens with zero attached hydrogens (tertiary/aromatic N) is 3. The second-order valence-corrected chi connectivity index (χ2v) is 2.70. The molecule has 15 heavy (non-hydrogen) atoms. The average molecular weight is 267 g/mol. The smallest absolute Gasteiger partial charge is 0.177 e. The first-order valence-electron chi connectivity index (χ1n) is 2.54. The first-order valence-corrected chi connectivity index (χ1v) is 3.85. The Labute approximate surface area is 77.0 Å². The van der Waals surface area contributed by atoms with E-state index in [4.69, 9.17) is 0 Å². The summed E-state index contributed by atoms with van der Waals surface area (Å²) >= 11 is 0. The largest absolute Gasteiger partial charge is 0.442 e. The molecule has 0 aromatic heterocycles. The molecule has 6 nitrogen and oxygen atoms in total. The molecule has 0 N–H and O–H groups in total. The van der Waals surface area contributed by atoms with E-state index in [1.54, 1.807) is 0 Å². The molecular weight excluding hydrogens is 267 g/mol. The third-order valence-electron chi connectivity index (χ3n) is 0.872. The van der Waals surface area contributed by atoms with Gasteiger partial charge in [0.1, 0.15) is 0 Å². The van der Waals surface area contributed by atoms with Crippen LogP contribution in [0, 0.1) is 0 Å². The van der Waals surface area contributed by atoms with Gasteiger partial charge in [-0.05, 0) is 0 Å². The number of halogens is 7. The van der Waals surface area contributed by atoms with E-state index in [1.165, 1.54) is 0 Å². The predicted octanol–water partition coefficient (Wildman–Crippen LogP) is 1.04. The molecule has 0 rings (SSSR count). The van der Waals surface area contributed by atoms with Crippen LogP contribution in [-0.2, 0) is 14.7 Å². The minimum Gasteiger partial charge on any atom is -0.177 e. The molecule has 0 fully saturated rings. The highest BCUT2D eigenvalue weighted by Gasteiger charge is 2.61. The van der Waals surface area contributed by atoms with Crippen LogP contribution in [-0.4, -0.2) is 30.4 Å². The molecule has 0 unspecified atom stereocenters. The lowest BCUT2D eigenvalue weighted by Gasteiger charge is -2.28. The molecule has 14 heteroatoms. The maximum absolute atomic E-state index is 11.6. The van der Waals surface area contributed by atoms with Crippen LogP contribution in [0.4, 0.5) is 30.8 Å². The Morgan fingerprint density at radius 3 is 1.20 bits per heavy atom. The highest BCUT2D eigenvalue weighted by Crippen LogP contribution is 2.32. The van der Waals surface area contributed by atoms with E-state index in [1.807, 2.05) is 0 Å². The molecular formula is CF7N3O3S. The number of rotatable bonds is 5. The van der Waals surface area contributed by atoms with E-state index >= 15 is 0 Å². The Morgan fingerprint density at radius 1 is 0.867 bits per heavy atom. The van der Waals surface area contributed by atoms with Crippen LogP contribution in [0.25, 0.3) is 0 Å². The summed E-state index contributed by atoms with van der Waals surface area (Å²) in [6.07, 6.45) is 0. The lowest BCUT2D eigenvalue weighted by molar-refractivity contribution is -0.535. The molecule has 0 heterocycles. The SMILES string of the molecule is O=S(=O)(F)OC(N(F)F)(N(F)F)N(F)F. The minimum absolute atomic E-state index is 2.24. The van der Waals surface area contributed by atoms with Gasteiger partial charge in [0.15, 0.2) is 0 Å². The van der Waals surface area contributed by atoms with Crippen molar-refractivity contribution in [3.63, 3.8) is 0 Å². The number of hydrogen-bond donors (Lipinski definition) is 0. The molecule has 0 aromatic carbocycles. The molecule has 0 saturated carbocycles. The van der Waals surface area contributed by atoms with Gasteiger partial charge in [0, 0.05) is 0 Å². The summed E-state index contributed by atoms with van der Waals surface area (Å²) in [5.74, 6) is -5.48. The molecule has 0 aliphatic carbocycles. The van der Waals surface area contributed by atoms with Crippen molar-refractivity contribution in [1.82, 2.24) is 16.0 Å². The fourth-order valence-electron chi connectivity index (χ4n) is 0.389. The molecule has 0 aliphatic rings. The molecule has 0 saturated heterocycles. The molecule has 0 atom stereocenters. The molecule has 0 radical (unpaired) electrons. The predicted molar refractivity (Wildman–Crippen MR) is 26.0 cm³/mol. The zero-order chi connectivity index (χ0) is 12.4. The van der Waals surface area contributed by atoms with Gasteiger partial charge >= 0.3 is 16.5 Å². The van der Waals surface area contributed by atoms with Crippen LogP contribution in [0.3, 0.4) is 0 Å². The van der Waals surface area contributed by atoms with Crippen molar-refractivity contribution in [3.8, 4) is 0 Å². The van der Waals surface area contributed by atoms with Gasteiger partial charge in [0.25, 0.3) is 0 Å². The van der Waals surface area contributed by atoms with Crippen LogP contribution in [0.2, 0.25) is 0 Å². The van der Waals surface area contributed by atoms with E-state index in [9.17, 15) is 39.2 Å². The highest BCUT2D eigenvalue weighted by atomic mass is 32.3. The quantitative estimate of drug-likeness (QED) is 0.321. The van der Waals surface area contributed by atoms with Gasteiger partial charge in [-0.2, -0.15) is 12.6 Å². The van der Waals surface area contributed by atoms with Crippen molar-refractivity contribution in [2.24, 2.45) is 0 Å². The first-order chi connectivity index (χ1) is 6.54. The Balaban J connectivity index is 5.34. The van der Waals surface area contributed by atoms with Crippen LogP contribution in [0.15, 0.2) is 0 Å². The van der Waals surface area contributed by atoms with Crippen LogP contribution in [0.5, 0.6) is 0 Å².